The smallest absolute Gasteiger partial charge is 0.150 e. The molecule has 0 saturated heterocycles. The third kappa shape index (κ3) is 0.857. The Hall–Kier alpha value is -1.31. The Kier molecular flexibility index (Phi) is 1.17. The standard InChI is InChI=1S/C11H11NO/c13-6-8-1-2-9-10(5-8)12-7-11(9)3-4-11/h1-2,5-6,12H,3-4,7H2. The molecule has 1 fully saturated rings. The Morgan fingerprint density at radius 1 is 1.38 bits per heavy atom. The van der Waals surface area contributed by atoms with Crippen molar-refractivity contribution in [2.45, 2.75) is 18.3 Å². The molecule has 1 spiro atoms. The molecule has 2 aliphatic rings. The fourth-order valence-corrected chi connectivity index (χ4v) is 2.20. The van der Waals surface area contributed by atoms with E-state index in [0.717, 1.165) is 18.4 Å². The zero-order chi connectivity index (χ0) is 8.89. The Balaban J connectivity index is 2.13. The summed E-state index contributed by atoms with van der Waals surface area (Å²) in [6, 6.07) is 5.97. The van der Waals surface area contributed by atoms with E-state index in [1.165, 1.54) is 24.1 Å². The van der Waals surface area contributed by atoms with Crippen LogP contribution in [0.15, 0.2) is 18.2 Å². The zero-order valence-electron chi connectivity index (χ0n) is 7.34. The first kappa shape index (κ1) is 7.13. The lowest BCUT2D eigenvalue weighted by molar-refractivity contribution is 0.112. The van der Waals surface area contributed by atoms with Gasteiger partial charge in [-0.05, 0) is 24.5 Å². The van der Waals surface area contributed by atoms with Crippen LogP contribution in [0.4, 0.5) is 5.69 Å². The van der Waals surface area contributed by atoms with E-state index < -0.39 is 0 Å². The highest BCUT2D eigenvalue weighted by atomic mass is 16.1. The predicted octanol–water partition coefficient (Wildman–Crippen LogP) is 1.96. The first-order valence-electron chi connectivity index (χ1n) is 4.68. The summed E-state index contributed by atoms with van der Waals surface area (Å²) < 4.78 is 0. The van der Waals surface area contributed by atoms with E-state index in [0.29, 0.717) is 5.41 Å². The van der Waals surface area contributed by atoms with Gasteiger partial charge >= 0.3 is 0 Å². The predicted molar refractivity (Wildman–Crippen MR) is 51.2 cm³/mol. The van der Waals surface area contributed by atoms with Crippen LogP contribution in [0.1, 0.15) is 28.8 Å². The fourth-order valence-electron chi connectivity index (χ4n) is 2.20. The Labute approximate surface area is 77.0 Å². The third-order valence-electron chi connectivity index (χ3n) is 3.22. The first-order valence-corrected chi connectivity index (χ1v) is 4.68. The SMILES string of the molecule is O=Cc1ccc2c(c1)NCC21CC1. The van der Waals surface area contributed by atoms with E-state index in [-0.39, 0.29) is 0 Å². The average Bonchev–Trinajstić information content (AvgIpc) is 2.86. The van der Waals surface area contributed by atoms with Gasteiger partial charge in [0.05, 0.1) is 0 Å². The average molecular weight is 173 g/mol. The molecule has 0 aromatic heterocycles. The van der Waals surface area contributed by atoms with E-state index in [1.807, 2.05) is 12.1 Å². The van der Waals surface area contributed by atoms with Crippen molar-refractivity contribution >= 4 is 12.0 Å². The fraction of sp³-hybridized carbons (Fsp3) is 0.364. The summed E-state index contributed by atoms with van der Waals surface area (Å²) in [7, 11) is 0. The topological polar surface area (TPSA) is 29.1 Å². The van der Waals surface area contributed by atoms with Crippen molar-refractivity contribution in [2.75, 3.05) is 11.9 Å². The van der Waals surface area contributed by atoms with Crippen LogP contribution in [0, 0.1) is 0 Å². The summed E-state index contributed by atoms with van der Waals surface area (Å²) in [6.45, 7) is 1.06. The minimum atomic E-state index is 0.441. The van der Waals surface area contributed by atoms with Gasteiger partial charge in [0.15, 0.2) is 0 Å². The molecular formula is C11H11NO. The summed E-state index contributed by atoms with van der Waals surface area (Å²) in [5.41, 5.74) is 3.79. The van der Waals surface area contributed by atoms with Crippen molar-refractivity contribution in [3.8, 4) is 0 Å². The second-order valence-corrected chi connectivity index (χ2v) is 4.06. The van der Waals surface area contributed by atoms with Crippen LogP contribution in [-0.2, 0) is 5.41 Å². The van der Waals surface area contributed by atoms with Crippen LogP contribution in [0.5, 0.6) is 0 Å². The van der Waals surface area contributed by atoms with Crippen LogP contribution in [0.3, 0.4) is 0 Å². The molecule has 1 aliphatic heterocycles. The van der Waals surface area contributed by atoms with Gasteiger partial charge in [-0.15, -0.1) is 0 Å². The van der Waals surface area contributed by atoms with E-state index >= 15 is 0 Å². The van der Waals surface area contributed by atoms with Gasteiger partial charge in [0, 0.05) is 23.2 Å². The van der Waals surface area contributed by atoms with Gasteiger partial charge in [0.25, 0.3) is 0 Å². The second kappa shape index (κ2) is 2.13. The minimum absolute atomic E-state index is 0.441. The minimum Gasteiger partial charge on any atom is -0.384 e. The number of carbonyl (C=O) groups excluding carboxylic acids is 1. The maximum absolute atomic E-state index is 10.6. The number of nitrogens with one attached hydrogen (secondary N) is 1. The van der Waals surface area contributed by atoms with Gasteiger partial charge in [-0.1, -0.05) is 12.1 Å². The van der Waals surface area contributed by atoms with E-state index in [4.69, 9.17) is 0 Å². The summed E-state index contributed by atoms with van der Waals surface area (Å²) in [6.07, 6.45) is 3.50. The molecule has 1 heterocycles. The molecule has 0 amide bonds. The van der Waals surface area contributed by atoms with Crippen molar-refractivity contribution < 1.29 is 4.79 Å². The van der Waals surface area contributed by atoms with E-state index in [1.54, 1.807) is 0 Å². The lowest BCUT2D eigenvalue weighted by atomic mass is 9.98. The van der Waals surface area contributed by atoms with Crippen LogP contribution in [0.25, 0.3) is 0 Å². The maximum Gasteiger partial charge on any atom is 0.150 e. The molecule has 0 unspecified atom stereocenters. The highest BCUT2D eigenvalue weighted by molar-refractivity contribution is 5.79. The lowest BCUT2D eigenvalue weighted by Gasteiger charge is -2.04. The maximum atomic E-state index is 10.6. The number of fused-ring (bicyclic) bond motifs is 2. The molecule has 0 radical (unpaired) electrons. The molecule has 1 N–H and O–H groups in total. The molecule has 2 heteroatoms. The summed E-state index contributed by atoms with van der Waals surface area (Å²) in [5, 5.41) is 3.37. The summed E-state index contributed by atoms with van der Waals surface area (Å²) in [5.74, 6) is 0. The van der Waals surface area contributed by atoms with E-state index in [2.05, 4.69) is 11.4 Å². The van der Waals surface area contributed by atoms with Crippen molar-refractivity contribution in [2.24, 2.45) is 0 Å². The van der Waals surface area contributed by atoms with Gasteiger partial charge in [0.1, 0.15) is 6.29 Å². The van der Waals surface area contributed by atoms with Gasteiger partial charge in [-0.25, -0.2) is 0 Å². The number of benzene rings is 1. The van der Waals surface area contributed by atoms with Crippen LogP contribution >= 0.6 is 0 Å². The number of rotatable bonds is 1. The van der Waals surface area contributed by atoms with Gasteiger partial charge < -0.3 is 5.32 Å². The van der Waals surface area contributed by atoms with Gasteiger partial charge in [-0.3, -0.25) is 4.79 Å². The molecule has 0 bridgehead atoms. The highest BCUT2D eigenvalue weighted by Crippen LogP contribution is 2.54. The molecular weight excluding hydrogens is 162 g/mol. The van der Waals surface area contributed by atoms with Gasteiger partial charge in [-0.2, -0.15) is 0 Å². The Bertz CT molecular complexity index is 380. The van der Waals surface area contributed by atoms with E-state index in [9.17, 15) is 4.79 Å². The molecule has 1 aliphatic carbocycles. The molecule has 0 atom stereocenters. The second-order valence-electron chi connectivity index (χ2n) is 4.06. The number of carbonyl (C=O) groups is 1. The summed E-state index contributed by atoms with van der Waals surface area (Å²) in [4.78, 5) is 10.6. The first-order chi connectivity index (χ1) is 6.34. The summed E-state index contributed by atoms with van der Waals surface area (Å²) >= 11 is 0. The molecule has 1 saturated carbocycles. The number of hydrogen-bond acceptors (Lipinski definition) is 2. The zero-order valence-corrected chi connectivity index (χ0v) is 7.34. The van der Waals surface area contributed by atoms with Crippen LogP contribution in [-0.4, -0.2) is 12.8 Å². The monoisotopic (exact) mass is 173 g/mol. The van der Waals surface area contributed by atoms with Crippen molar-refractivity contribution in [3.63, 3.8) is 0 Å². The van der Waals surface area contributed by atoms with Crippen molar-refractivity contribution in [1.82, 2.24) is 0 Å². The van der Waals surface area contributed by atoms with Crippen LogP contribution in [0.2, 0.25) is 0 Å². The van der Waals surface area contributed by atoms with Crippen molar-refractivity contribution in [3.05, 3.63) is 29.3 Å². The normalized spacial score (nSPS) is 20.9. The Morgan fingerprint density at radius 3 is 2.92 bits per heavy atom. The number of aldehydes is 1. The van der Waals surface area contributed by atoms with Gasteiger partial charge in [0.2, 0.25) is 0 Å². The van der Waals surface area contributed by atoms with Crippen molar-refractivity contribution in [1.29, 1.82) is 0 Å². The molecule has 1 aromatic rings. The number of anilines is 1. The molecule has 66 valence electrons. The molecule has 13 heavy (non-hydrogen) atoms. The molecule has 2 nitrogen and oxygen atoms in total. The third-order valence-corrected chi connectivity index (χ3v) is 3.22. The number of hydrogen-bond donors (Lipinski definition) is 1. The molecule has 1 aromatic carbocycles. The largest absolute Gasteiger partial charge is 0.384 e. The lowest BCUT2D eigenvalue weighted by Crippen LogP contribution is -2.07. The van der Waals surface area contributed by atoms with Crippen LogP contribution < -0.4 is 5.32 Å². The Morgan fingerprint density at radius 2 is 2.23 bits per heavy atom. The quantitative estimate of drug-likeness (QED) is 0.658. The highest BCUT2D eigenvalue weighted by Gasteiger charge is 2.48. The molecule has 3 rings (SSSR count).